The van der Waals surface area contributed by atoms with Crippen molar-refractivity contribution in [3.63, 3.8) is 0 Å². The second-order valence-corrected chi connectivity index (χ2v) is 33.7. The van der Waals surface area contributed by atoms with Crippen LogP contribution in [-0.4, -0.2) is 61.3 Å². The summed E-state index contributed by atoms with van der Waals surface area (Å²) in [5.74, 6) is -7.99. The van der Waals surface area contributed by atoms with E-state index in [0.29, 0.717) is 43.8 Å². The third kappa shape index (κ3) is 13.8. The molecule has 0 fully saturated rings. The lowest BCUT2D eigenvalue weighted by Gasteiger charge is -2.33. The van der Waals surface area contributed by atoms with Crippen molar-refractivity contribution in [2.45, 2.75) is 130 Å². The van der Waals surface area contributed by atoms with E-state index in [1.807, 2.05) is 128 Å². The highest BCUT2D eigenvalue weighted by Crippen LogP contribution is 2.58. The van der Waals surface area contributed by atoms with E-state index in [1.165, 1.54) is 0 Å². The van der Waals surface area contributed by atoms with Crippen LogP contribution in [0, 0.1) is 23.7 Å². The van der Waals surface area contributed by atoms with Crippen molar-refractivity contribution in [3.8, 4) is 69.0 Å². The van der Waals surface area contributed by atoms with Gasteiger partial charge in [0.05, 0.1) is 0 Å². The van der Waals surface area contributed by atoms with Gasteiger partial charge in [-0.2, -0.15) is 0 Å². The van der Waals surface area contributed by atoms with Gasteiger partial charge < -0.3 is 61.3 Å². The molecule has 8 bridgehead atoms. The van der Waals surface area contributed by atoms with Crippen molar-refractivity contribution in [2.75, 3.05) is 0 Å². The van der Waals surface area contributed by atoms with Crippen LogP contribution in [0.3, 0.4) is 0 Å². The first-order valence-electron chi connectivity index (χ1n) is 35.4. The van der Waals surface area contributed by atoms with Gasteiger partial charge in [0.2, 0.25) is 0 Å². The highest BCUT2D eigenvalue weighted by atomic mass is 79.9. The molecule has 0 amide bonds. The van der Waals surface area contributed by atoms with Gasteiger partial charge in [0.1, 0.15) is 69.0 Å². The fraction of sp³-hybridized carbons (Fsp3) is 0.273. The number of phenols is 12. The molecule has 0 radical (unpaired) electrons. The Hall–Kier alpha value is -8.80. The van der Waals surface area contributed by atoms with Crippen LogP contribution in [0.2, 0.25) is 0 Å². The van der Waals surface area contributed by atoms with Gasteiger partial charge in [0.15, 0.2) is 0 Å². The minimum Gasteiger partial charge on any atom is -0.508 e. The maximum atomic E-state index is 13.8. The molecule has 12 aromatic carbocycles. The molecule has 0 saturated heterocycles. The van der Waals surface area contributed by atoms with Gasteiger partial charge in [0, 0.05) is 156 Å². The summed E-state index contributed by atoms with van der Waals surface area (Å²) in [6.45, 7) is 16.1. The quantitative estimate of drug-likeness (QED) is 0.0432. The molecule has 1 aliphatic rings. The van der Waals surface area contributed by atoms with Crippen LogP contribution in [0.5, 0.6) is 69.0 Å². The molecular formula is C88H84Br4O12. The fourth-order valence-corrected chi connectivity index (χ4v) is 17.8. The Bertz CT molecular complexity index is 4650. The summed E-state index contributed by atoms with van der Waals surface area (Å²) in [6, 6.07) is 42.9. The first-order chi connectivity index (χ1) is 49.5. The van der Waals surface area contributed by atoms with Gasteiger partial charge in [-0.25, -0.2) is 0 Å². The fourth-order valence-electron chi connectivity index (χ4n) is 16.3. The van der Waals surface area contributed by atoms with Crippen LogP contribution in [0.15, 0.2) is 163 Å². The summed E-state index contributed by atoms with van der Waals surface area (Å²) in [6.07, 6.45) is -0.0177. The summed E-state index contributed by atoms with van der Waals surface area (Å²) in [5, 5.41) is 164. The van der Waals surface area contributed by atoms with Crippen molar-refractivity contribution in [2.24, 2.45) is 23.7 Å². The molecule has 0 spiro atoms. The molecule has 0 atom stereocenters. The van der Waals surface area contributed by atoms with E-state index in [-0.39, 0.29) is 211 Å². The van der Waals surface area contributed by atoms with Crippen molar-refractivity contribution in [3.05, 3.63) is 252 Å². The molecule has 104 heavy (non-hydrogen) atoms. The monoisotopic (exact) mass is 1650 g/mol. The predicted molar refractivity (Wildman–Crippen MR) is 429 cm³/mol. The molecule has 12 aromatic rings. The zero-order valence-electron chi connectivity index (χ0n) is 59.0. The molecule has 0 aliphatic heterocycles. The minimum absolute atomic E-state index is 0.0283. The number of rotatable bonds is 16. The zero-order chi connectivity index (χ0) is 74.3. The molecule has 12 nitrogen and oxygen atoms in total. The predicted octanol–water partition coefficient (Wildman–Crippen LogP) is 23.2. The van der Waals surface area contributed by atoms with Gasteiger partial charge in [0.25, 0.3) is 0 Å². The number of fused-ring (bicyclic) bond motifs is 12. The number of aromatic hydroxyl groups is 12. The summed E-state index contributed by atoms with van der Waals surface area (Å²) >= 11 is 14.5. The molecule has 0 saturated carbocycles. The first kappa shape index (κ1) is 73.5. The lowest BCUT2D eigenvalue weighted by Crippen LogP contribution is -2.16. The Morgan fingerprint density at radius 2 is 0.404 bits per heavy atom. The Kier molecular flexibility index (Phi) is 20.7. The summed E-state index contributed by atoms with van der Waals surface area (Å²) in [4.78, 5) is 0. The van der Waals surface area contributed by atoms with Crippen LogP contribution >= 0.6 is 63.7 Å². The lowest BCUT2D eigenvalue weighted by molar-refractivity contribution is 0.402. The van der Waals surface area contributed by atoms with Gasteiger partial charge in [-0.05, 0) is 190 Å². The van der Waals surface area contributed by atoms with Gasteiger partial charge in [-0.3, -0.25) is 0 Å². The minimum atomic E-state index is -1.01. The van der Waals surface area contributed by atoms with Gasteiger partial charge in [-0.1, -0.05) is 168 Å². The summed E-state index contributed by atoms with van der Waals surface area (Å²) in [7, 11) is 0. The Morgan fingerprint density at radius 3 is 0.567 bits per heavy atom. The third-order valence-electron chi connectivity index (χ3n) is 21.2. The smallest absolute Gasteiger partial charge is 0.126 e. The van der Waals surface area contributed by atoms with Gasteiger partial charge in [-0.15, -0.1) is 0 Å². The van der Waals surface area contributed by atoms with E-state index in [1.54, 1.807) is 72.8 Å². The van der Waals surface area contributed by atoms with E-state index in [0.717, 1.165) is 39.4 Å². The molecule has 12 N–H and O–H groups in total. The third-order valence-corrected chi connectivity index (χ3v) is 23.2. The normalized spacial score (nSPS) is 15.5. The Balaban J connectivity index is 1.22. The van der Waals surface area contributed by atoms with Crippen molar-refractivity contribution in [1.82, 2.24) is 0 Å². The van der Waals surface area contributed by atoms with E-state index < -0.39 is 23.7 Å². The molecule has 536 valence electrons. The summed E-state index contributed by atoms with van der Waals surface area (Å²) in [5.41, 5.74) is 3.70. The zero-order valence-corrected chi connectivity index (χ0v) is 65.4. The first-order valence-corrected chi connectivity index (χ1v) is 38.5. The highest BCUT2D eigenvalue weighted by Gasteiger charge is 2.39. The maximum Gasteiger partial charge on any atom is 0.126 e. The van der Waals surface area contributed by atoms with Gasteiger partial charge >= 0.3 is 0 Å². The van der Waals surface area contributed by atoms with E-state index in [9.17, 15) is 61.3 Å². The van der Waals surface area contributed by atoms with Crippen molar-refractivity contribution in [1.29, 1.82) is 0 Å². The number of phenolic OH excluding ortho intramolecular Hbond substituents is 12. The number of hydrogen-bond donors (Lipinski definition) is 12. The van der Waals surface area contributed by atoms with Crippen molar-refractivity contribution < 1.29 is 61.3 Å². The molecule has 1 aliphatic carbocycles. The second kappa shape index (κ2) is 29.3. The van der Waals surface area contributed by atoms with Crippen LogP contribution < -0.4 is 0 Å². The largest absolute Gasteiger partial charge is 0.508 e. The topological polar surface area (TPSA) is 243 Å². The highest BCUT2D eigenvalue weighted by molar-refractivity contribution is 9.11. The van der Waals surface area contributed by atoms with E-state index >= 15 is 0 Å². The SMILES string of the molecule is CC(C)CC1c2cc(c(O)c(Cc3c(O)ccc4cc(Br)ccc34)c2O)C(CC(C)C)c2cc(c(O)c(Cc3c(O)ccc4cc(Br)ccc34)c2O)C(CC(C)C)c2cc(c(O)c(Cc3c(O)ccc4cc(Br)ccc34)c2O)C(CC(C)C)c2cc1c(O)c(Cc1c(O)ccc3cc(Br)ccc13)c2O. The summed E-state index contributed by atoms with van der Waals surface area (Å²) < 4.78 is 3.15. The number of hydrogen-bond acceptors (Lipinski definition) is 12. The maximum absolute atomic E-state index is 13.8. The molecule has 0 unspecified atom stereocenters. The van der Waals surface area contributed by atoms with Crippen molar-refractivity contribution >= 4 is 107 Å². The molecule has 16 heteroatoms. The molecule has 0 heterocycles. The van der Waals surface area contributed by atoms with E-state index in [2.05, 4.69) is 63.7 Å². The standard InChI is InChI=1S/C88H84Br4O12/c1-41(2)25-57-65-37-67(83(99)73(81(65)97)33-61-53-17-13-49(89)29-45(53)9-21-77(61)93)58(26-42(3)4)69-39-71(87(103)75(85(69)101)35-63-55-19-15-51(91)31-47(55)11-23-79(63)95)60(28-44(7)8)72-40-70(86(102)76(88(72)104)36-64-56-20-16-52(92)32-48(56)12-24-80(64)96)59(27-43(5)6)68-38-66(57)82(98)74(84(68)100)34-62-54-18-14-50(90)30-46(54)10-22-78(62)94/h9-24,29-32,37-44,57-60,93-104H,25-28,33-36H2,1-8H3. The van der Waals surface area contributed by atoms with Crippen LogP contribution in [-0.2, 0) is 25.7 Å². The molecular weight excluding hydrogens is 1570 g/mol. The van der Waals surface area contributed by atoms with E-state index in [4.69, 9.17) is 0 Å². The average Bonchev–Trinajstić information content (AvgIpc) is 0.727. The lowest BCUT2D eigenvalue weighted by atomic mass is 9.72. The molecule has 13 rings (SSSR count). The number of halogens is 4. The number of benzene rings is 12. The molecule has 0 aromatic heterocycles. The van der Waals surface area contributed by atoms with Crippen LogP contribution in [0.4, 0.5) is 0 Å². The second-order valence-electron chi connectivity index (χ2n) is 30.1. The average molecular weight is 1650 g/mol. The van der Waals surface area contributed by atoms with Crippen LogP contribution in [0.25, 0.3) is 43.1 Å². The Labute approximate surface area is 638 Å². The Morgan fingerprint density at radius 1 is 0.231 bits per heavy atom. The van der Waals surface area contributed by atoms with Crippen LogP contribution in [0.1, 0.15) is 194 Å².